The number of hydrogen-bond donors (Lipinski definition) is 0. The van der Waals surface area contributed by atoms with E-state index in [9.17, 15) is 0 Å². The van der Waals surface area contributed by atoms with Gasteiger partial charge in [0, 0.05) is 56.5 Å². The molecule has 3 aliphatic rings. The van der Waals surface area contributed by atoms with Gasteiger partial charge < -0.3 is 9.80 Å². The summed E-state index contributed by atoms with van der Waals surface area (Å²) in [5, 5.41) is 0. The molecule has 0 amide bonds. The lowest BCUT2D eigenvalue weighted by Crippen LogP contribution is -2.41. The van der Waals surface area contributed by atoms with Crippen LogP contribution in [0.4, 0.5) is 5.69 Å². The van der Waals surface area contributed by atoms with E-state index in [0.717, 1.165) is 12.5 Å². The van der Waals surface area contributed by atoms with Crippen LogP contribution >= 0.6 is 11.8 Å². The third kappa shape index (κ3) is 4.93. The summed E-state index contributed by atoms with van der Waals surface area (Å²) >= 11 is 2.12. The molecule has 4 rings (SSSR count). The lowest BCUT2D eigenvalue weighted by molar-refractivity contribution is 0.228. The second-order valence-electron chi connectivity index (χ2n) is 7.99. The molecule has 3 heterocycles. The van der Waals surface area contributed by atoms with Gasteiger partial charge in [-0.3, -0.25) is 4.90 Å². The second-order valence-corrected chi connectivity index (χ2v) is 9.22. The van der Waals surface area contributed by atoms with Gasteiger partial charge in [-0.1, -0.05) is 12.1 Å². The van der Waals surface area contributed by atoms with Gasteiger partial charge >= 0.3 is 0 Å². The van der Waals surface area contributed by atoms with Gasteiger partial charge in [0.25, 0.3) is 0 Å². The zero-order valence-corrected chi connectivity index (χ0v) is 16.4. The molecule has 3 aliphatic heterocycles. The molecule has 0 bridgehead atoms. The Labute approximate surface area is 157 Å². The maximum atomic E-state index is 2.70. The molecule has 0 saturated carbocycles. The van der Waals surface area contributed by atoms with E-state index < -0.39 is 0 Å². The number of hydrogen-bond acceptors (Lipinski definition) is 4. The molecule has 1 aromatic rings. The Balaban J connectivity index is 1.24. The standard InChI is InChI=1S/C21H33N3S/c1-2-10-22(9-1)17-19-3-5-21(6-4-19)24-11-7-20(8-12-24)18-23-13-15-25-16-14-23/h3-6,20H,1-2,7-18H2. The minimum Gasteiger partial charge on any atom is -0.372 e. The van der Waals surface area contributed by atoms with Crippen molar-refractivity contribution in [2.45, 2.75) is 32.2 Å². The zero-order valence-electron chi connectivity index (χ0n) is 15.5. The average Bonchev–Trinajstić information content (AvgIpc) is 3.17. The summed E-state index contributed by atoms with van der Waals surface area (Å²) in [7, 11) is 0. The first-order valence-corrected chi connectivity index (χ1v) is 11.4. The molecule has 3 saturated heterocycles. The van der Waals surface area contributed by atoms with Crippen LogP contribution in [0.3, 0.4) is 0 Å². The van der Waals surface area contributed by atoms with Gasteiger partial charge in [0.05, 0.1) is 0 Å². The van der Waals surface area contributed by atoms with Crippen LogP contribution in [0.1, 0.15) is 31.2 Å². The molecule has 1 aromatic carbocycles. The topological polar surface area (TPSA) is 9.72 Å². The number of nitrogens with zero attached hydrogens (tertiary/aromatic N) is 3. The summed E-state index contributed by atoms with van der Waals surface area (Å²) < 4.78 is 0. The van der Waals surface area contributed by atoms with Crippen molar-refractivity contribution in [1.82, 2.24) is 9.80 Å². The van der Waals surface area contributed by atoms with E-state index >= 15 is 0 Å². The third-order valence-corrected chi connectivity index (χ3v) is 7.08. The van der Waals surface area contributed by atoms with Crippen molar-refractivity contribution in [2.24, 2.45) is 5.92 Å². The van der Waals surface area contributed by atoms with Crippen LogP contribution in [0.25, 0.3) is 0 Å². The fraction of sp³-hybridized carbons (Fsp3) is 0.714. The summed E-state index contributed by atoms with van der Waals surface area (Å²) in [4.78, 5) is 7.88. The van der Waals surface area contributed by atoms with E-state index in [1.54, 1.807) is 0 Å². The number of anilines is 1. The van der Waals surface area contributed by atoms with E-state index in [-0.39, 0.29) is 0 Å². The van der Waals surface area contributed by atoms with Crippen LogP contribution < -0.4 is 4.90 Å². The van der Waals surface area contributed by atoms with Crippen LogP contribution in [0.5, 0.6) is 0 Å². The highest BCUT2D eigenvalue weighted by atomic mass is 32.2. The van der Waals surface area contributed by atoms with Crippen molar-refractivity contribution in [1.29, 1.82) is 0 Å². The van der Waals surface area contributed by atoms with Crippen molar-refractivity contribution in [3.63, 3.8) is 0 Å². The van der Waals surface area contributed by atoms with Crippen LogP contribution in [-0.4, -0.2) is 67.1 Å². The molecule has 3 fully saturated rings. The Hall–Kier alpha value is -0.710. The number of piperidine rings is 1. The molecule has 0 unspecified atom stereocenters. The van der Waals surface area contributed by atoms with Crippen LogP contribution in [0, 0.1) is 5.92 Å². The molecule has 0 radical (unpaired) electrons. The predicted molar refractivity (Wildman–Crippen MR) is 110 cm³/mol. The predicted octanol–water partition coefficient (Wildman–Crippen LogP) is 3.55. The van der Waals surface area contributed by atoms with Gasteiger partial charge in [-0.2, -0.15) is 11.8 Å². The van der Waals surface area contributed by atoms with Crippen molar-refractivity contribution in [2.75, 3.05) is 62.2 Å². The Morgan fingerprint density at radius 1 is 0.800 bits per heavy atom. The van der Waals surface area contributed by atoms with E-state index in [0.29, 0.717) is 0 Å². The fourth-order valence-corrected chi connectivity index (χ4v) is 5.51. The normalized spacial score (nSPS) is 24.1. The first-order valence-electron chi connectivity index (χ1n) is 10.2. The minimum absolute atomic E-state index is 0.911. The molecule has 4 heteroatoms. The molecule has 0 N–H and O–H groups in total. The van der Waals surface area contributed by atoms with E-state index in [2.05, 4.69) is 50.7 Å². The summed E-state index contributed by atoms with van der Waals surface area (Å²) in [6, 6.07) is 9.41. The Morgan fingerprint density at radius 2 is 1.48 bits per heavy atom. The van der Waals surface area contributed by atoms with E-state index in [1.807, 2.05) is 0 Å². The average molecular weight is 360 g/mol. The van der Waals surface area contributed by atoms with Gasteiger partial charge in [-0.05, 0) is 62.4 Å². The Bertz CT molecular complexity index is 512. The van der Waals surface area contributed by atoms with Gasteiger partial charge in [-0.25, -0.2) is 0 Å². The molecule has 25 heavy (non-hydrogen) atoms. The molecule has 0 aromatic heterocycles. The van der Waals surface area contributed by atoms with Gasteiger partial charge in [0.1, 0.15) is 0 Å². The zero-order chi connectivity index (χ0) is 16.9. The van der Waals surface area contributed by atoms with Crippen LogP contribution in [0.15, 0.2) is 24.3 Å². The highest BCUT2D eigenvalue weighted by Gasteiger charge is 2.22. The largest absolute Gasteiger partial charge is 0.372 e. The number of rotatable bonds is 5. The summed E-state index contributed by atoms with van der Waals surface area (Å²) in [6.45, 7) is 10.1. The van der Waals surface area contributed by atoms with Gasteiger partial charge in [-0.15, -0.1) is 0 Å². The quantitative estimate of drug-likeness (QED) is 0.795. The molecular weight excluding hydrogens is 326 g/mol. The summed E-state index contributed by atoms with van der Waals surface area (Å²) in [6.07, 6.45) is 5.48. The third-order valence-electron chi connectivity index (χ3n) is 6.14. The molecule has 0 spiro atoms. The van der Waals surface area contributed by atoms with Crippen molar-refractivity contribution in [3.8, 4) is 0 Å². The van der Waals surface area contributed by atoms with Gasteiger partial charge in [0.2, 0.25) is 0 Å². The number of likely N-dealkylation sites (tertiary alicyclic amines) is 1. The first kappa shape index (κ1) is 17.7. The Morgan fingerprint density at radius 3 is 2.16 bits per heavy atom. The lowest BCUT2D eigenvalue weighted by atomic mass is 9.95. The molecule has 3 nitrogen and oxygen atoms in total. The first-order chi connectivity index (χ1) is 12.4. The van der Waals surface area contributed by atoms with Crippen LogP contribution in [-0.2, 0) is 6.54 Å². The smallest absolute Gasteiger partial charge is 0.0366 e. The van der Waals surface area contributed by atoms with Crippen LogP contribution in [0.2, 0.25) is 0 Å². The SMILES string of the molecule is c1cc(N2CCC(CN3CCSCC3)CC2)ccc1CN1CCCC1. The fourth-order valence-electron chi connectivity index (χ4n) is 4.53. The monoisotopic (exact) mass is 359 g/mol. The lowest BCUT2D eigenvalue weighted by Gasteiger charge is -2.37. The van der Waals surface area contributed by atoms with Crippen molar-refractivity contribution < 1.29 is 0 Å². The second kappa shape index (κ2) is 8.79. The van der Waals surface area contributed by atoms with E-state index in [1.165, 1.54) is 94.3 Å². The molecule has 138 valence electrons. The highest BCUT2D eigenvalue weighted by molar-refractivity contribution is 7.99. The summed E-state index contributed by atoms with van der Waals surface area (Å²) in [5.41, 5.74) is 2.90. The molecular formula is C21H33N3S. The molecule has 0 aliphatic carbocycles. The molecule has 0 atom stereocenters. The van der Waals surface area contributed by atoms with Gasteiger partial charge in [0.15, 0.2) is 0 Å². The number of thioether (sulfide) groups is 1. The van der Waals surface area contributed by atoms with Crippen molar-refractivity contribution in [3.05, 3.63) is 29.8 Å². The minimum atomic E-state index is 0.911. The Kier molecular flexibility index (Phi) is 6.22. The maximum Gasteiger partial charge on any atom is 0.0366 e. The van der Waals surface area contributed by atoms with Crippen molar-refractivity contribution >= 4 is 17.4 Å². The highest BCUT2D eigenvalue weighted by Crippen LogP contribution is 2.25. The number of benzene rings is 1. The van der Waals surface area contributed by atoms with E-state index in [4.69, 9.17) is 0 Å². The summed E-state index contributed by atoms with van der Waals surface area (Å²) in [5.74, 6) is 3.58. The maximum absolute atomic E-state index is 2.70.